The van der Waals surface area contributed by atoms with Crippen molar-refractivity contribution in [2.45, 2.75) is 38.0 Å². The minimum atomic E-state index is -0.724. The number of carboxylic acids is 1. The highest BCUT2D eigenvalue weighted by Crippen LogP contribution is 2.48. The molecule has 1 fully saturated rings. The van der Waals surface area contributed by atoms with Gasteiger partial charge in [0.15, 0.2) is 0 Å². The summed E-state index contributed by atoms with van der Waals surface area (Å²) in [5.74, 6) is -0.337. The molecule has 1 aliphatic carbocycles. The zero-order chi connectivity index (χ0) is 10.3. The molecule has 0 unspecified atom stereocenters. The van der Waals surface area contributed by atoms with Crippen molar-refractivity contribution in [3.05, 3.63) is 16.1 Å². The quantitative estimate of drug-likeness (QED) is 0.835. The molecule has 4 heteroatoms. The molecule has 0 radical (unpaired) electrons. The Bertz CT molecular complexity index is 366. The number of carboxylic acid groups (broad SMARTS) is 1. The second-order valence-electron chi connectivity index (χ2n) is 4.11. The summed E-state index contributed by atoms with van der Waals surface area (Å²) in [6.07, 6.45) is 1.48. The molecule has 14 heavy (non-hydrogen) atoms. The van der Waals surface area contributed by atoms with Gasteiger partial charge in [0.2, 0.25) is 0 Å². The van der Waals surface area contributed by atoms with Crippen LogP contribution in [0.25, 0.3) is 0 Å². The van der Waals surface area contributed by atoms with Crippen molar-refractivity contribution in [3.63, 3.8) is 0 Å². The highest BCUT2D eigenvalue weighted by Gasteiger charge is 2.53. The zero-order valence-electron chi connectivity index (χ0n) is 8.28. The Labute approximate surface area is 86.8 Å². The predicted molar refractivity (Wildman–Crippen MR) is 54.8 cm³/mol. The lowest BCUT2D eigenvalue weighted by Gasteiger charge is -2.04. The Morgan fingerprint density at radius 2 is 2.29 bits per heavy atom. The molecule has 0 atom stereocenters. The van der Waals surface area contributed by atoms with Crippen molar-refractivity contribution >= 4 is 17.3 Å². The molecule has 1 saturated carbocycles. The SMILES string of the molecule is CC(C)c1nc(C2(C(=O)O)CC2)cs1. The summed E-state index contributed by atoms with van der Waals surface area (Å²) in [6, 6.07) is 0. The lowest BCUT2D eigenvalue weighted by molar-refractivity contribution is -0.140. The normalized spacial score (nSPS) is 18.5. The maximum absolute atomic E-state index is 11.0. The first-order valence-electron chi connectivity index (χ1n) is 4.75. The van der Waals surface area contributed by atoms with Gasteiger partial charge in [0.25, 0.3) is 0 Å². The van der Waals surface area contributed by atoms with E-state index in [1.54, 1.807) is 11.3 Å². The minimum Gasteiger partial charge on any atom is -0.481 e. The highest BCUT2D eigenvalue weighted by atomic mass is 32.1. The fourth-order valence-corrected chi connectivity index (χ4v) is 2.41. The van der Waals surface area contributed by atoms with Gasteiger partial charge in [-0.05, 0) is 12.8 Å². The number of aliphatic carboxylic acids is 1. The van der Waals surface area contributed by atoms with Gasteiger partial charge in [0.1, 0.15) is 5.41 Å². The number of hydrogen-bond acceptors (Lipinski definition) is 3. The molecular weight excluding hydrogens is 198 g/mol. The third-order valence-electron chi connectivity index (χ3n) is 2.67. The van der Waals surface area contributed by atoms with Gasteiger partial charge in [-0.15, -0.1) is 11.3 Å². The van der Waals surface area contributed by atoms with E-state index in [0.717, 1.165) is 23.5 Å². The molecule has 0 spiro atoms. The Hall–Kier alpha value is -0.900. The van der Waals surface area contributed by atoms with Gasteiger partial charge >= 0.3 is 5.97 Å². The molecular formula is C10H13NO2S. The fourth-order valence-electron chi connectivity index (χ4n) is 1.48. The second-order valence-corrected chi connectivity index (χ2v) is 5.00. The van der Waals surface area contributed by atoms with Crippen LogP contribution in [0.15, 0.2) is 5.38 Å². The third-order valence-corrected chi connectivity index (χ3v) is 3.81. The number of nitrogens with zero attached hydrogens (tertiary/aromatic N) is 1. The summed E-state index contributed by atoms with van der Waals surface area (Å²) < 4.78 is 0. The van der Waals surface area contributed by atoms with Gasteiger partial charge in [-0.3, -0.25) is 4.79 Å². The molecule has 0 bridgehead atoms. The van der Waals surface area contributed by atoms with Crippen LogP contribution in [0, 0.1) is 0 Å². The zero-order valence-corrected chi connectivity index (χ0v) is 9.10. The Morgan fingerprint density at radius 1 is 1.64 bits per heavy atom. The van der Waals surface area contributed by atoms with E-state index in [1.807, 2.05) is 5.38 Å². The summed E-state index contributed by atoms with van der Waals surface area (Å²) in [5, 5.41) is 12.0. The number of aromatic nitrogens is 1. The van der Waals surface area contributed by atoms with Crippen LogP contribution in [0.5, 0.6) is 0 Å². The Morgan fingerprint density at radius 3 is 2.64 bits per heavy atom. The monoisotopic (exact) mass is 211 g/mol. The maximum atomic E-state index is 11.0. The highest BCUT2D eigenvalue weighted by molar-refractivity contribution is 7.09. The minimum absolute atomic E-state index is 0.387. The lowest BCUT2D eigenvalue weighted by atomic mass is 10.0. The lowest BCUT2D eigenvalue weighted by Crippen LogP contribution is -2.19. The molecule has 1 aromatic heterocycles. The molecule has 0 amide bonds. The predicted octanol–water partition coefficient (Wildman–Crippen LogP) is 2.38. The van der Waals surface area contributed by atoms with E-state index in [9.17, 15) is 4.79 Å². The molecule has 1 aromatic rings. The van der Waals surface area contributed by atoms with Crippen LogP contribution < -0.4 is 0 Å². The number of thiazole rings is 1. The molecule has 76 valence electrons. The fraction of sp³-hybridized carbons (Fsp3) is 0.600. The van der Waals surface area contributed by atoms with E-state index in [-0.39, 0.29) is 0 Å². The molecule has 2 rings (SSSR count). The van der Waals surface area contributed by atoms with Crippen LogP contribution in [-0.2, 0) is 10.2 Å². The van der Waals surface area contributed by atoms with Crippen LogP contribution in [-0.4, -0.2) is 16.1 Å². The van der Waals surface area contributed by atoms with Crippen molar-refractivity contribution in [2.24, 2.45) is 0 Å². The van der Waals surface area contributed by atoms with Gasteiger partial charge in [0.05, 0.1) is 10.7 Å². The van der Waals surface area contributed by atoms with Gasteiger partial charge in [0, 0.05) is 11.3 Å². The number of carbonyl (C=O) groups is 1. The van der Waals surface area contributed by atoms with Crippen LogP contribution in [0.2, 0.25) is 0 Å². The first-order valence-corrected chi connectivity index (χ1v) is 5.63. The molecule has 1 N–H and O–H groups in total. The van der Waals surface area contributed by atoms with Gasteiger partial charge in [-0.1, -0.05) is 13.8 Å². The Kier molecular flexibility index (Phi) is 2.10. The molecule has 0 saturated heterocycles. The summed E-state index contributed by atoms with van der Waals surface area (Å²) in [7, 11) is 0. The Balaban J connectivity index is 2.30. The molecule has 3 nitrogen and oxygen atoms in total. The van der Waals surface area contributed by atoms with E-state index in [2.05, 4.69) is 18.8 Å². The smallest absolute Gasteiger partial charge is 0.315 e. The second kappa shape index (κ2) is 3.05. The molecule has 0 aliphatic heterocycles. The maximum Gasteiger partial charge on any atom is 0.315 e. The van der Waals surface area contributed by atoms with E-state index in [0.29, 0.717) is 5.92 Å². The summed E-state index contributed by atoms with van der Waals surface area (Å²) in [4.78, 5) is 15.4. The van der Waals surface area contributed by atoms with Crippen molar-refractivity contribution in [1.29, 1.82) is 0 Å². The van der Waals surface area contributed by atoms with E-state index >= 15 is 0 Å². The molecule has 1 heterocycles. The first kappa shape index (κ1) is 9.65. The van der Waals surface area contributed by atoms with Crippen LogP contribution in [0.4, 0.5) is 0 Å². The van der Waals surface area contributed by atoms with Crippen molar-refractivity contribution in [2.75, 3.05) is 0 Å². The largest absolute Gasteiger partial charge is 0.481 e. The van der Waals surface area contributed by atoms with Crippen molar-refractivity contribution in [3.8, 4) is 0 Å². The number of rotatable bonds is 3. The first-order chi connectivity index (χ1) is 6.56. The standard InChI is InChI=1S/C10H13NO2S/c1-6(2)8-11-7(5-14-8)10(3-4-10)9(12)13/h5-6H,3-4H2,1-2H3,(H,12,13). The van der Waals surface area contributed by atoms with Crippen LogP contribution in [0.1, 0.15) is 43.3 Å². The number of hydrogen-bond donors (Lipinski definition) is 1. The van der Waals surface area contributed by atoms with Gasteiger partial charge in [-0.2, -0.15) is 0 Å². The van der Waals surface area contributed by atoms with Gasteiger partial charge < -0.3 is 5.11 Å². The third kappa shape index (κ3) is 1.34. The van der Waals surface area contributed by atoms with E-state index in [1.165, 1.54) is 0 Å². The summed E-state index contributed by atoms with van der Waals surface area (Å²) >= 11 is 1.57. The molecule has 0 aromatic carbocycles. The van der Waals surface area contributed by atoms with Crippen molar-refractivity contribution < 1.29 is 9.90 Å². The van der Waals surface area contributed by atoms with Crippen LogP contribution >= 0.6 is 11.3 Å². The van der Waals surface area contributed by atoms with E-state index < -0.39 is 11.4 Å². The average Bonchev–Trinajstić information content (AvgIpc) is 2.77. The van der Waals surface area contributed by atoms with Crippen LogP contribution in [0.3, 0.4) is 0 Å². The average molecular weight is 211 g/mol. The van der Waals surface area contributed by atoms with Gasteiger partial charge in [-0.25, -0.2) is 4.98 Å². The molecule has 1 aliphatic rings. The van der Waals surface area contributed by atoms with E-state index in [4.69, 9.17) is 5.11 Å². The summed E-state index contributed by atoms with van der Waals surface area (Å²) in [5.41, 5.74) is 0.127. The van der Waals surface area contributed by atoms with Crippen molar-refractivity contribution in [1.82, 2.24) is 4.98 Å². The summed E-state index contributed by atoms with van der Waals surface area (Å²) in [6.45, 7) is 4.14. The topological polar surface area (TPSA) is 50.2 Å².